The second-order valence-electron chi connectivity index (χ2n) is 7.22. The molecular formula is C22H29N5O2. The molecule has 0 aromatic heterocycles. The van der Waals surface area contributed by atoms with E-state index in [-0.39, 0.29) is 11.9 Å². The van der Waals surface area contributed by atoms with Crippen LogP contribution in [-0.4, -0.2) is 56.6 Å². The van der Waals surface area contributed by atoms with E-state index in [4.69, 9.17) is 0 Å². The lowest BCUT2D eigenvalue weighted by Gasteiger charge is -2.34. The number of benzene rings is 2. The quantitative estimate of drug-likeness (QED) is 0.702. The van der Waals surface area contributed by atoms with Crippen LogP contribution in [0, 0.1) is 0 Å². The molecule has 3 rings (SSSR count). The summed E-state index contributed by atoms with van der Waals surface area (Å²) in [5.74, 6) is -0.260. The normalized spacial score (nSPS) is 14.3. The standard InChI is InChI=1S/C22H29N5O2/c1-3-12-23-22(29)25-20-7-5-4-6-19(20)21(28)24-17-8-10-18(11-9-17)27-15-13-26(2)14-16-27/h4-11H,3,12-16H2,1-2H3,(H,24,28)(H2,23,25,29). The summed E-state index contributed by atoms with van der Waals surface area (Å²) in [6.45, 7) is 6.67. The highest BCUT2D eigenvalue weighted by molar-refractivity contribution is 6.10. The van der Waals surface area contributed by atoms with Crippen molar-refractivity contribution in [3.8, 4) is 0 Å². The second kappa shape index (κ2) is 9.93. The first-order valence-electron chi connectivity index (χ1n) is 10.1. The minimum atomic E-state index is -0.316. The monoisotopic (exact) mass is 395 g/mol. The molecule has 0 saturated carbocycles. The molecule has 7 nitrogen and oxygen atoms in total. The van der Waals surface area contributed by atoms with Gasteiger partial charge in [0.15, 0.2) is 0 Å². The molecule has 7 heteroatoms. The number of amides is 3. The van der Waals surface area contributed by atoms with Gasteiger partial charge in [0.2, 0.25) is 0 Å². The van der Waals surface area contributed by atoms with Gasteiger partial charge in [-0.25, -0.2) is 4.79 Å². The zero-order valence-electron chi connectivity index (χ0n) is 17.1. The van der Waals surface area contributed by atoms with E-state index in [0.717, 1.165) is 44.0 Å². The highest BCUT2D eigenvalue weighted by Gasteiger charge is 2.15. The second-order valence-corrected chi connectivity index (χ2v) is 7.22. The van der Waals surface area contributed by atoms with Gasteiger partial charge in [0, 0.05) is 44.1 Å². The van der Waals surface area contributed by atoms with Crippen LogP contribution in [0.5, 0.6) is 0 Å². The zero-order chi connectivity index (χ0) is 20.6. The van der Waals surface area contributed by atoms with Crippen LogP contribution >= 0.6 is 0 Å². The number of carbonyl (C=O) groups is 2. The summed E-state index contributed by atoms with van der Waals surface area (Å²) in [5, 5.41) is 8.41. The number of para-hydroxylation sites is 1. The Morgan fingerprint density at radius 2 is 1.62 bits per heavy atom. The fourth-order valence-corrected chi connectivity index (χ4v) is 3.21. The van der Waals surface area contributed by atoms with Crippen LogP contribution in [-0.2, 0) is 0 Å². The summed E-state index contributed by atoms with van der Waals surface area (Å²) in [4.78, 5) is 29.4. The molecule has 1 aliphatic rings. The third-order valence-electron chi connectivity index (χ3n) is 4.95. The summed E-state index contributed by atoms with van der Waals surface area (Å²) in [6, 6.07) is 14.6. The first kappa shape index (κ1) is 20.7. The van der Waals surface area contributed by atoms with E-state index in [2.05, 4.69) is 32.8 Å². The van der Waals surface area contributed by atoms with Crippen LogP contribution in [0.2, 0.25) is 0 Å². The van der Waals surface area contributed by atoms with Gasteiger partial charge in [-0.2, -0.15) is 0 Å². The van der Waals surface area contributed by atoms with E-state index in [1.807, 2.05) is 31.2 Å². The van der Waals surface area contributed by atoms with Crippen molar-refractivity contribution in [1.82, 2.24) is 10.2 Å². The van der Waals surface area contributed by atoms with Gasteiger partial charge in [0.1, 0.15) is 0 Å². The smallest absolute Gasteiger partial charge is 0.319 e. The summed E-state index contributed by atoms with van der Waals surface area (Å²) < 4.78 is 0. The molecule has 2 aromatic rings. The van der Waals surface area contributed by atoms with Crippen LogP contribution in [0.3, 0.4) is 0 Å². The summed E-state index contributed by atoms with van der Waals surface area (Å²) in [5.41, 5.74) is 2.78. The minimum absolute atomic E-state index is 0.260. The van der Waals surface area contributed by atoms with E-state index in [9.17, 15) is 9.59 Å². The van der Waals surface area contributed by atoms with Gasteiger partial charge in [-0.3, -0.25) is 4.79 Å². The van der Waals surface area contributed by atoms with E-state index in [0.29, 0.717) is 17.8 Å². The third-order valence-corrected chi connectivity index (χ3v) is 4.95. The number of likely N-dealkylation sites (N-methyl/N-ethyl adjacent to an activating group) is 1. The van der Waals surface area contributed by atoms with Gasteiger partial charge in [-0.05, 0) is 49.9 Å². The fraction of sp³-hybridized carbons (Fsp3) is 0.364. The Labute approximate surface area is 172 Å². The average Bonchev–Trinajstić information content (AvgIpc) is 2.74. The Kier molecular flexibility index (Phi) is 7.08. The van der Waals surface area contributed by atoms with Gasteiger partial charge in [-0.15, -0.1) is 0 Å². The van der Waals surface area contributed by atoms with Crippen LogP contribution < -0.4 is 20.9 Å². The van der Waals surface area contributed by atoms with Gasteiger partial charge < -0.3 is 25.8 Å². The van der Waals surface area contributed by atoms with Gasteiger partial charge in [0.25, 0.3) is 5.91 Å². The Morgan fingerprint density at radius 1 is 0.931 bits per heavy atom. The number of anilines is 3. The van der Waals surface area contributed by atoms with Crippen molar-refractivity contribution < 1.29 is 9.59 Å². The van der Waals surface area contributed by atoms with Crippen molar-refractivity contribution in [1.29, 1.82) is 0 Å². The number of nitrogens with zero attached hydrogens (tertiary/aromatic N) is 2. The molecular weight excluding hydrogens is 366 g/mol. The lowest BCUT2D eigenvalue weighted by atomic mass is 10.1. The van der Waals surface area contributed by atoms with Crippen molar-refractivity contribution in [2.45, 2.75) is 13.3 Å². The van der Waals surface area contributed by atoms with Crippen LogP contribution in [0.1, 0.15) is 23.7 Å². The molecule has 0 atom stereocenters. The van der Waals surface area contributed by atoms with Crippen molar-refractivity contribution in [2.75, 3.05) is 55.3 Å². The van der Waals surface area contributed by atoms with E-state index in [1.54, 1.807) is 24.3 Å². The predicted molar refractivity (Wildman–Crippen MR) is 118 cm³/mol. The number of carbonyl (C=O) groups excluding carboxylic acids is 2. The van der Waals surface area contributed by atoms with E-state index >= 15 is 0 Å². The first-order chi connectivity index (χ1) is 14.1. The minimum Gasteiger partial charge on any atom is -0.369 e. The number of nitrogens with one attached hydrogen (secondary N) is 3. The number of urea groups is 1. The van der Waals surface area contributed by atoms with Crippen LogP contribution in [0.25, 0.3) is 0 Å². The Hall–Kier alpha value is -3.06. The van der Waals surface area contributed by atoms with Crippen molar-refractivity contribution in [2.24, 2.45) is 0 Å². The third kappa shape index (κ3) is 5.71. The summed E-state index contributed by atoms with van der Waals surface area (Å²) in [7, 11) is 2.14. The molecule has 0 bridgehead atoms. The Bertz CT molecular complexity index is 829. The molecule has 3 amide bonds. The summed E-state index contributed by atoms with van der Waals surface area (Å²) >= 11 is 0. The van der Waals surface area contributed by atoms with E-state index < -0.39 is 0 Å². The molecule has 0 aliphatic carbocycles. The Balaban J connectivity index is 1.63. The van der Waals surface area contributed by atoms with Crippen LogP contribution in [0.4, 0.5) is 21.9 Å². The molecule has 0 spiro atoms. The maximum Gasteiger partial charge on any atom is 0.319 e. The molecule has 29 heavy (non-hydrogen) atoms. The lowest BCUT2D eigenvalue weighted by molar-refractivity contribution is 0.102. The van der Waals surface area contributed by atoms with E-state index in [1.165, 1.54) is 0 Å². The largest absolute Gasteiger partial charge is 0.369 e. The van der Waals surface area contributed by atoms with Gasteiger partial charge >= 0.3 is 6.03 Å². The molecule has 1 saturated heterocycles. The number of hydrogen-bond acceptors (Lipinski definition) is 4. The fourth-order valence-electron chi connectivity index (χ4n) is 3.21. The molecule has 3 N–H and O–H groups in total. The number of piperazine rings is 1. The average molecular weight is 396 g/mol. The summed E-state index contributed by atoms with van der Waals surface area (Å²) in [6.07, 6.45) is 0.847. The van der Waals surface area contributed by atoms with Gasteiger partial charge in [0.05, 0.1) is 11.3 Å². The number of hydrogen-bond donors (Lipinski definition) is 3. The molecule has 0 radical (unpaired) electrons. The topological polar surface area (TPSA) is 76.7 Å². The highest BCUT2D eigenvalue weighted by Crippen LogP contribution is 2.21. The SMILES string of the molecule is CCCNC(=O)Nc1ccccc1C(=O)Nc1ccc(N2CCN(C)CC2)cc1. The molecule has 2 aromatic carbocycles. The van der Waals surface area contributed by atoms with Crippen LogP contribution in [0.15, 0.2) is 48.5 Å². The predicted octanol–water partition coefficient (Wildman–Crippen LogP) is 3.22. The molecule has 1 heterocycles. The number of rotatable bonds is 6. The van der Waals surface area contributed by atoms with Crippen molar-refractivity contribution in [3.63, 3.8) is 0 Å². The zero-order valence-corrected chi connectivity index (χ0v) is 17.1. The van der Waals surface area contributed by atoms with Crippen molar-refractivity contribution >= 4 is 29.0 Å². The Morgan fingerprint density at radius 3 is 2.31 bits per heavy atom. The molecule has 154 valence electrons. The maximum absolute atomic E-state index is 12.8. The first-order valence-corrected chi connectivity index (χ1v) is 10.1. The molecule has 1 fully saturated rings. The highest BCUT2D eigenvalue weighted by atomic mass is 16.2. The molecule has 0 unspecified atom stereocenters. The molecule has 1 aliphatic heterocycles. The van der Waals surface area contributed by atoms with Crippen molar-refractivity contribution in [3.05, 3.63) is 54.1 Å². The van der Waals surface area contributed by atoms with Gasteiger partial charge in [-0.1, -0.05) is 19.1 Å². The maximum atomic E-state index is 12.8. The lowest BCUT2D eigenvalue weighted by Crippen LogP contribution is -2.44.